The monoisotopic (exact) mass is 481 g/mol. The molecule has 1 N–H and O–H groups in total. The van der Waals surface area contributed by atoms with Crippen molar-refractivity contribution in [1.82, 2.24) is 9.36 Å². The lowest BCUT2D eigenvalue weighted by Crippen LogP contribution is -2.26. The van der Waals surface area contributed by atoms with Crippen LogP contribution in [0.5, 0.6) is 0 Å². The number of hydrogen-bond acceptors (Lipinski definition) is 3. The van der Waals surface area contributed by atoms with Crippen molar-refractivity contribution < 1.29 is 27.8 Å². The maximum atomic E-state index is 13.4. The Labute approximate surface area is 198 Å². The Morgan fingerprint density at radius 3 is 2.32 bits per heavy atom. The molecule has 0 spiro atoms. The summed E-state index contributed by atoms with van der Waals surface area (Å²) in [5, 5.41) is 9.98. The van der Waals surface area contributed by atoms with E-state index in [4.69, 9.17) is 4.74 Å². The van der Waals surface area contributed by atoms with E-state index in [1.165, 1.54) is 32.1 Å². The highest BCUT2D eigenvalue weighted by Gasteiger charge is 2.31. The smallest absolute Gasteiger partial charge is 0.386 e. The number of ether oxygens (including phenoxy) is 1. The van der Waals surface area contributed by atoms with Gasteiger partial charge in [0.05, 0.1) is 11.2 Å². The number of nitrogens with zero attached hydrogens (tertiary/aromatic N) is 3. The number of aliphatic hydroxyl groups is 1. The lowest BCUT2D eigenvalue weighted by Gasteiger charge is -2.20. The van der Waals surface area contributed by atoms with E-state index in [9.17, 15) is 23.1 Å². The van der Waals surface area contributed by atoms with Crippen molar-refractivity contribution in [2.75, 3.05) is 13.7 Å². The molecule has 1 heterocycles. The minimum Gasteiger partial charge on any atom is -0.386 e. The highest BCUT2D eigenvalue weighted by molar-refractivity contribution is 5.98. The summed E-state index contributed by atoms with van der Waals surface area (Å²) in [6, 6.07) is 4.71. The Morgan fingerprint density at radius 2 is 1.79 bits per heavy atom. The van der Waals surface area contributed by atoms with Crippen molar-refractivity contribution in [3.63, 3.8) is 0 Å². The highest BCUT2D eigenvalue weighted by Crippen LogP contribution is 2.31. The van der Waals surface area contributed by atoms with Crippen LogP contribution in [0.1, 0.15) is 68.2 Å². The summed E-state index contributed by atoms with van der Waals surface area (Å²) in [6.45, 7) is 10.2. The summed E-state index contributed by atoms with van der Waals surface area (Å²) >= 11 is 0. The molecule has 188 valence electrons. The Balaban J connectivity index is 2.68. The summed E-state index contributed by atoms with van der Waals surface area (Å²) in [6.07, 6.45) is -1.10. The van der Waals surface area contributed by atoms with E-state index < -0.39 is 23.2 Å². The van der Waals surface area contributed by atoms with Gasteiger partial charge < -0.3 is 9.84 Å². The molecule has 1 aromatic carbocycles. The predicted octanol–water partition coefficient (Wildman–Crippen LogP) is 4.70. The molecule has 6 nitrogen and oxygen atoms in total. The van der Waals surface area contributed by atoms with Gasteiger partial charge in [0.25, 0.3) is 5.91 Å². The van der Waals surface area contributed by atoms with Crippen LogP contribution in [-0.4, -0.2) is 39.7 Å². The summed E-state index contributed by atoms with van der Waals surface area (Å²) in [5.74, 6) is -0.798. The van der Waals surface area contributed by atoms with Gasteiger partial charge in [-0.2, -0.15) is 18.2 Å². The zero-order valence-electron chi connectivity index (χ0n) is 20.8. The van der Waals surface area contributed by atoms with Crippen LogP contribution >= 0.6 is 0 Å². The van der Waals surface area contributed by atoms with Gasteiger partial charge >= 0.3 is 6.18 Å². The lowest BCUT2D eigenvalue weighted by molar-refractivity contribution is -0.137. The third kappa shape index (κ3) is 7.17. The maximum absolute atomic E-state index is 13.4. The van der Waals surface area contributed by atoms with Crippen molar-refractivity contribution in [3.05, 3.63) is 58.2 Å². The number of amides is 1. The number of rotatable bonds is 7. The molecule has 9 heteroatoms. The summed E-state index contributed by atoms with van der Waals surface area (Å²) in [4.78, 5) is 17.4. The van der Waals surface area contributed by atoms with Gasteiger partial charge in [-0.15, -0.1) is 0 Å². The normalized spacial score (nSPS) is 13.8. The Hall–Kier alpha value is -2.65. The molecule has 0 saturated carbocycles. The maximum Gasteiger partial charge on any atom is 0.416 e. The van der Waals surface area contributed by atoms with E-state index in [1.807, 2.05) is 37.2 Å². The molecule has 0 unspecified atom stereocenters. The van der Waals surface area contributed by atoms with E-state index >= 15 is 0 Å². The molecule has 0 aliphatic rings. The van der Waals surface area contributed by atoms with Crippen molar-refractivity contribution >= 4 is 12.0 Å². The van der Waals surface area contributed by atoms with Crippen LogP contribution < -0.4 is 5.49 Å². The zero-order valence-corrected chi connectivity index (χ0v) is 20.8. The first-order valence-corrected chi connectivity index (χ1v) is 11.0. The molecule has 0 aliphatic carbocycles. The molecule has 0 aliphatic heterocycles. The quantitative estimate of drug-likeness (QED) is 0.583. The van der Waals surface area contributed by atoms with Crippen LogP contribution in [0.4, 0.5) is 13.2 Å². The third-order valence-corrected chi connectivity index (χ3v) is 5.23. The molecular weight excluding hydrogens is 447 g/mol. The second-order valence-electron chi connectivity index (χ2n) is 9.83. The molecule has 0 atom stereocenters. The molecule has 0 radical (unpaired) electrons. The zero-order chi connectivity index (χ0) is 25.9. The van der Waals surface area contributed by atoms with Crippen LogP contribution in [0.2, 0.25) is 0 Å². The van der Waals surface area contributed by atoms with E-state index in [0.29, 0.717) is 25.1 Å². The molecule has 0 bridgehead atoms. The fourth-order valence-electron chi connectivity index (χ4n) is 3.51. The van der Waals surface area contributed by atoms with Gasteiger partial charge in [-0.05, 0) is 38.0 Å². The summed E-state index contributed by atoms with van der Waals surface area (Å²) in [7, 11) is 3.46. The first-order valence-electron chi connectivity index (χ1n) is 11.0. The van der Waals surface area contributed by atoms with E-state index in [-0.39, 0.29) is 16.5 Å². The topological polar surface area (TPSA) is 68.8 Å². The van der Waals surface area contributed by atoms with E-state index in [1.54, 1.807) is 13.2 Å². The van der Waals surface area contributed by atoms with E-state index in [2.05, 4.69) is 4.99 Å². The van der Waals surface area contributed by atoms with Crippen LogP contribution in [0, 0.1) is 0 Å². The van der Waals surface area contributed by atoms with Crippen molar-refractivity contribution in [3.8, 4) is 0 Å². The fraction of sp³-hybridized carbons (Fsp3) is 0.520. The van der Waals surface area contributed by atoms with Gasteiger partial charge in [0.2, 0.25) is 0 Å². The second-order valence-corrected chi connectivity index (χ2v) is 9.83. The van der Waals surface area contributed by atoms with Crippen LogP contribution in [0.25, 0.3) is 6.08 Å². The highest BCUT2D eigenvalue weighted by atomic mass is 19.4. The van der Waals surface area contributed by atoms with Gasteiger partial charge in [-0.1, -0.05) is 39.0 Å². The molecule has 1 aromatic heterocycles. The number of aromatic nitrogens is 2. The van der Waals surface area contributed by atoms with E-state index in [0.717, 1.165) is 17.8 Å². The first-order chi connectivity index (χ1) is 15.5. The SMILES string of the molecule is COCCCn1/c(=N/C(=O)c2cc(C(F)(F)F)ccc2/C=C/C(C)(C)O)cc(C(C)(C)C)n1C. The predicted molar refractivity (Wildman–Crippen MR) is 125 cm³/mol. The molecule has 1 amide bonds. The average molecular weight is 482 g/mol. The summed E-state index contributed by atoms with van der Waals surface area (Å²) in [5.41, 5.74) is -1.08. The lowest BCUT2D eigenvalue weighted by atomic mass is 9.92. The van der Waals surface area contributed by atoms with Crippen molar-refractivity contribution in [1.29, 1.82) is 0 Å². The van der Waals surface area contributed by atoms with Gasteiger partial charge in [-0.3, -0.25) is 14.2 Å². The molecular formula is C25H34F3N3O3. The second kappa shape index (κ2) is 10.3. The number of carbonyl (C=O) groups excluding carboxylic acids is 1. The Kier molecular flexibility index (Phi) is 8.37. The average Bonchev–Trinajstić information content (AvgIpc) is 3.01. The van der Waals surface area contributed by atoms with Crippen molar-refractivity contribution in [2.45, 2.75) is 64.8 Å². The van der Waals surface area contributed by atoms with Crippen LogP contribution in [0.3, 0.4) is 0 Å². The van der Waals surface area contributed by atoms with Crippen molar-refractivity contribution in [2.24, 2.45) is 12.0 Å². The number of methoxy groups -OCH3 is 1. The number of benzene rings is 1. The largest absolute Gasteiger partial charge is 0.416 e. The Bertz CT molecular complexity index is 1110. The number of hydrogen-bond donors (Lipinski definition) is 1. The standard InChI is InChI=1S/C25H34F3N3O3/c1-23(2,3)20-16-21(31(30(20)6)13-8-14-34-7)29-22(32)19-15-18(25(26,27)28)10-9-17(19)11-12-24(4,5)33/h9-12,15-16,33H,8,13-14H2,1-7H3/b12-11+,29-21+. The third-order valence-electron chi connectivity index (χ3n) is 5.23. The van der Waals surface area contributed by atoms with Gasteiger partial charge in [0, 0.05) is 50.0 Å². The fourth-order valence-corrected chi connectivity index (χ4v) is 3.51. The minimum atomic E-state index is -4.61. The molecule has 0 saturated heterocycles. The molecule has 34 heavy (non-hydrogen) atoms. The van der Waals surface area contributed by atoms with Gasteiger partial charge in [0.1, 0.15) is 0 Å². The summed E-state index contributed by atoms with van der Waals surface area (Å²) < 4.78 is 49.0. The van der Waals surface area contributed by atoms with Crippen LogP contribution in [-0.2, 0) is 29.9 Å². The van der Waals surface area contributed by atoms with Gasteiger partial charge in [0.15, 0.2) is 5.49 Å². The minimum absolute atomic E-state index is 0.195. The van der Waals surface area contributed by atoms with Crippen LogP contribution in [0.15, 0.2) is 35.3 Å². The molecule has 2 aromatic rings. The molecule has 0 fully saturated rings. The number of alkyl halides is 3. The number of halogens is 3. The Morgan fingerprint density at radius 1 is 1.15 bits per heavy atom. The van der Waals surface area contributed by atoms with Gasteiger partial charge in [-0.25, -0.2) is 0 Å². The number of carbonyl (C=O) groups is 1. The first kappa shape index (κ1) is 27.6. The molecule has 2 rings (SSSR count).